The molecule has 98 valence electrons. The smallest absolute Gasteiger partial charge is 0.175 e. The van der Waals surface area contributed by atoms with Crippen LogP contribution in [0.1, 0.15) is 12.5 Å². The Kier molecular flexibility index (Phi) is 2.64. The maximum absolute atomic E-state index is 5.89. The second-order valence-electron chi connectivity index (χ2n) is 4.94. The first-order chi connectivity index (χ1) is 9.33. The molecule has 2 aromatic heterocycles. The van der Waals surface area contributed by atoms with Gasteiger partial charge in [-0.2, -0.15) is 5.10 Å². The van der Waals surface area contributed by atoms with E-state index in [2.05, 4.69) is 37.6 Å². The van der Waals surface area contributed by atoms with Gasteiger partial charge < -0.3 is 9.64 Å². The minimum absolute atomic E-state index is 0.410. The van der Waals surface area contributed by atoms with Crippen LogP contribution in [0.4, 0.5) is 5.82 Å². The number of ether oxygens (including phenoxy) is 1. The summed E-state index contributed by atoms with van der Waals surface area (Å²) in [7, 11) is 0. The summed E-state index contributed by atoms with van der Waals surface area (Å²) in [5, 5.41) is 4.36. The van der Waals surface area contributed by atoms with Gasteiger partial charge in [0, 0.05) is 25.1 Å². The first-order valence-electron chi connectivity index (χ1n) is 6.36. The van der Waals surface area contributed by atoms with Crippen molar-refractivity contribution in [2.45, 2.75) is 18.5 Å². The number of pyridine rings is 1. The molecule has 0 radical (unpaired) electrons. The Hall–Kier alpha value is -1.31. The summed E-state index contributed by atoms with van der Waals surface area (Å²) >= 11 is 2.30. The van der Waals surface area contributed by atoms with E-state index in [-0.39, 0.29) is 0 Å². The van der Waals surface area contributed by atoms with E-state index in [0.29, 0.717) is 12.1 Å². The first kappa shape index (κ1) is 11.5. The number of fused-ring (bicyclic) bond motifs is 3. The van der Waals surface area contributed by atoms with Crippen molar-refractivity contribution in [1.29, 1.82) is 0 Å². The van der Waals surface area contributed by atoms with E-state index >= 15 is 0 Å². The number of hydrogen-bond donors (Lipinski definition) is 0. The van der Waals surface area contributed by atoms with Crippen molar-refractivity contribution in [3.63, 3.8) is 0 Å². The van der Waals surface area contributed by atoms with Crippen LogP contribution in [0, 0.1) is 3.57 Å². The molecule has 6 heteroatoms. The second-order valence-corrected chi connectivity index (χ2v) is 6.10. The number of anilines is 1. The van der Waals surface area contributed by atoms with Gasteiger partial charge in [-0.15, -0.1) is 0 Å². The van der Waals surface area contributed by atoms with Crippen molar-refractivity contribution in [1.82, 2.24) is 14.8 Å². The van der Waals surface area contributed by atoms with Gasteiger partial charge in [0.25, 0.3) is 0 Å². The minimum Gasteiger partial charge on any atom is -0.486 e. The Morgan fingerprint density at radius 1 is 1.32 bits per heavy atom. The minimum atomic E-state index is 0.410. The predicted octanol–water partition coefficient (Wildman–Crippen LogP) is 2.10. The molecule has 0 N–H and O–H groups in total. The van der Waals surface area contributed by atoms with E-state index in [9.17, 15) is 0 Å². The van der Waals surface area contributed by atoms with Crippen LogP contribution in [0.2, 0.25) is 0 Å². The van der Waals surface area contributed by atoms with E-state index in [1.54, 1.807) is 0 Å². The quantitative estimate of drug-likeness (QED) is 0.724. The van der Waals surface area contributed by atoms with Gasteiger partial charge >= 0.3 is 0 Å². The van der Waals surface area contributed by atoms with E-state index in [1.165, 1.54) is 0 Å². The van der Waals surface area contributed by atoms with Crippen LogP contribution in [0.15, 0.2) is 30.7 Å². The van der Waals surface area contributed by atoms with Gasteiger partial charge in [-0.1, -0.05) is 0 Å². The summed E-state index contributed by atoms with van der Waals surface area (Å²) in [4.78, 5) is 6.87. The van der Waals surface area contributed by atoms with Crippen molar-refractivity contribution in [3.8, 4) is 5.75 Å². The normalized spacial score (nSPS) is 24.8. The van der Waals surface area contributed by atoms with Crippen molar-refractivity contribution in [3.05, 3.63) is 34.3 Å². The summed E-state index contributed by atoms with van der Waals surface area (Å²) in [6, 6.07) is 4.78. The molecule has 0 saturated carbocycles. The molecule has 0 amide bonds. The molecule has 2 unspecified atom stereocenters. The molecule has 0 bridgehead atoms. The molecule has 2 atom stereocenters. The topological polar surface area (TPSA) is 43.2 Å². The number of aromatic nitrogens is 3. The van der Waals surface area contributed by atoms with Gasteiger partial charge in [0.15, 0.2) is 11.6 Å². The van der Waals surface area contributed by atoms with Crippen molar-refractivity contribution in [2.75, 3.05) is 18.1 Å². The molecule has 4 rings (SSSR count). The van der Waals surface area contributed by atoms with Gasteiger partial charge in [0.05, 0.1) is 15.7 Å². The monoisotopic (exact) mass is 368 g/mol. The van der Waals surface area contributed by atoms with Crippen molar-refractivity contribution >= 4 is 28.4 Å². The molecule has 0 spiro atoms. The maximum Gasteiger partial charge on any atom is 0.175 e. The van der Waals surface area contributed by atoms with Crippen LogP contribution in [0.3, 0.4) is 0 Å². The van der Waals surface area contributed by atoms with E-state index in [0.717, 1.165) is 34.7 Å². The Morgan fingerprint density at radius 3 is 3.11 bits per heavy atom. The van der Waals surface area contributed by atoms with Gasteiger partial charge in [-0.05, 0) is 41.1 Å². The predicted molar refractivity (Wildman–Crippen MR) is 79.5 cm³/mol. The first-order valence-corrected chi connectivity index (χ1v) is 7.44. The molecule has 1 fully saturated rings. The van der Waals surface area contributed by atoms with Gasteiger partial charge in [-0.25, -0.2) is 4.98 Å². The highest BCUT2D eigenvalue weighted by Crippen LogP contribution is 2.41. The molecule has 19 heavy (non-hydrogen) atoms. The highest BCUT2D eigenvalue weighted by molar-refractivity contribution is 14.1. The van der Waals surface area contributed by atoms with Gasteiger partial charge in [0.2, 0.25) is 0 Å². The second kappa shape index (κ2) is 4.36. The maximum atomic E-state index is 5.89. The number of hydrogen-bond acceptors (Lipinski definition) is 4. The SMILES string of the molecule is Ic1ccnc2c1OCC1CC(n3cccn3)CN21. The van der Waals surface area contributed by atoms with Crippen LogP contribution in [-0.4, -0.2) is 34.0 Å². The lowest BCUT2D eigenvalue weighted by Gasteiger charge is -2.32. The molecule has 0 aliphatic carbocycles. The third-order valence-corrected chi connectivity index (χ3v) is 4.67. The number of halogens is 1. The molecule has 2 aliphatic rings. The van der Waals surface area contributed by atoms with Crippen LogP contribution in [0.5, 0.6) is 5.75 Å². The molecular weight excluding hydrogens is 355 g/mol. The standard InChI is InChI=1S/C13H13IN4O/c14-11-2-4-15-13-12(11)19-8-10-6-9(7-17(10)13)18-5-1-3-16-18/h1-5,9-10H,6-8H2. The van der Waals surface area contributed by atoms with Gasteiger partial charge in [-0.3, -0.25) is 4.68 Å². The fourth-order valence-electron chi connectivity index (χ4n) is 2.93. The average Bonchev–Trinajstić information content (AvgIpc) is 3.08. The number of rotatable bonds is 1. The van der Waals surface area contributed by atoms with Crippen LogP contribution < -0.4 is 9.64 Å². The van der Waals surface area contributed by atoms with E-state index in [1.807, 2.05) is 35.4 Å². The highest BCUT2D eigenvalue weighted by Gasteiger charge is 2.39. The Morgan fingerprint density at radius 2 is 2.26 bits per heavy atom. The lowest BCUT2D eigenvalue weighted by molar-refractivity contribution is 0.265. The molecule has 2 aliphatic heterocycles. The Balaban J connectivity index is 1.69. The van der Waals surface area contributed by atoms with Gasteiger partial charge in [0.1, 0.15) is 6.61 Å². The molecule has 2 aromatic rings. The van der Waals surface area contributed by atoms with E-state index < -0.39 is 0 Å². The highest BCUT2D eigenvalue weighted by atomic mass is 127. The molecule has 5 nitrogen and oxygen atoms in total. The lowest BCUT2D eigenvalue weighted by Crippen LogP contribution is -2.39. The molecule has 4 heterocycles. The summed E-state index contributed by atoms with van der Waals surface area (Å²) in [5.74, 6) is 1.92. The average molecular weight is 368 g/mol. The summed E-state index contributed by atoms with van der Waals surface area (Å²) in [5.41, 5.74) is 0. The fraction of sp³-hybridized carbons (Fsp3) is 0.385. The summed E-state index contributed by atoms with van der Waals surface area (Å²) in [6.07, 6.45) is 6.79. The number of nitrogens with zero attached hydrogens (tertiary/aromatic N) is 4. The summed E-state index contributed by atoms with van der Waals surface area (Å²) in [6.45, 7) is 1.70. The fourth-order valence-corrected chi connectivity index (χ4v) is 3.49. The zero-order valence-corrected chi connectivity index (χ0v) is 12.4. The van der Waals surface area contributed by atoms with Crippen LogP contribution >= 0.6 is 22.6 Å². The molecular formula is C13H13IN4O. The Labute approximate surface area is 124 Å². The zero-order valence-electron chi connectivity index (χ0n) is 10.2. The summed E-state index contributed by atoms with van der Waals surface area (Å²) < 4.78 is 9.07. The largest absolute Gasteiger partial charge is 0.486 e. The lowest BCUT2D eigenvalue weighted by atomic mass is 10.1. The zero-order chi connectivity index (χ0) is 12.8. The molecule has 0 aromatic carbocycles. The van der Waals surface area contributed by atoms with Crippen molar-refractivity contribution < 1.29 is 4.74 Å². The van der Waals surface area contributed by atoms with Crippen LogP contribution in [0.25, 0.3) is 0 Å². The third kappa shape index (κ3) is 1.80. The third-order valence-electron chi connectivity index (χ3n) is 3.82. The Bertz CT molecular complexity index is 601. The van der Waals surface area contributed by atoms with Crippen LogP contribution in [-0.2, 0) is 0 Å². The van der Waals surface area contributed by atoms with Crippen molar-refractivity contribution in [2.24, 2.45) is 0 Å². The van der Waals surface area contributed by atoms with E-state index in [4.69, 9.17) is 4.74 Å². The molecule has 1 saturated heterocycles.